The first kappa shape index (κ1) is 16.2. The van der Waals surface area contributed by atoms with Crippen LogP contribution in [0, 0.1) is 5.82 Å². The predicted octanol–water partition coefficient (Wildman–Crippen LogP) is 2.38. The van der Waals surface area contributed by atoms with E-state index in [1.165, 1.54) is 30.0 Å². The molecular weight excluding hydrogens is 281 g/mol. The lowest BCUT2D eigenvalue weighted by molar-refractivity contribution is -0.137. The summed E-state index contributed by atoms with van der Waals surface area (Å²) in [5.41, 5.74) is 0.439. The van der Waals surface area contributed by atoms with E-state index in [9.17, 15) is 14.0 Å². The van der Waals surface area contributed by atoms with Gasteiger partial charge in [-0.1, -0.05) is 18.2 Å². The number of nitrogens with one attached hydrogen (secondary N) is 1. The van der Waals surface area contributed by atoms with Crippen molar-refractivity contribution in [3.63, 3.8) is 0 Å². The lowest BCUT2D eigenvalue weighted by atomic mass is 10.0. The Balaban J connectivity index is 2.71. The van der Waals surface area contributed by atoms with Crippen molar-refractivity contribution in [2.24, 2.45) is 0 Å². The zero-order valence-electron chi connectivity index (χ0n) is 10.8. The van der Waals surface area contributed by atoms with Crippen LogP contribution in [0.1, 0.15) is 18.0 Å². The summed E-state index contributed by atoms with van der Waals surface area (Å²) >= 11 is 1.37. The Hall–Kier alpha value is -1.82. The van der Waals surface area contributed by atoms with E-state index in [1.54, 1.807) is 12.1 Å². The van der Waals surface area contributed by atoms with Crippen molar-refractivity contribution in [2.75, 3.05) is 11.5 Å². The molecule has 0 fully saturated rings. The molecule has 0 radical (unpaired) electrons. The number of rotatable bonds is 8. The molecule has 1 rings (SSSR count). The molecule has 20 heavy (non-hydrogen) atoms. The molecule has 0 heterocycles. The second-order valence-electron chi connectivity index (χ2n) is 4.08. The summed E-state index contributed by atoms with van der Waals surface area (Å²) in [5.74, 6) is -0.965. The topological polar surface area (TPSA) is 66.4 Å². The normalized spacial score (nSPS) is 11.7. The lowest BCUT2D eigenvalue weighted by Gasteiger charge is -2.17. The van der Waals surface area contributed by atoms with Crippen molar-refractivity contribution in [1.29, 1.82) is 0 Å². The fourth-order valence-electron chi connectivity index (χ4n) is 1.62. The number of halogens is 1. The van der Waals surface area contributed by atoms with Gasteiger partial charge in [-0.2, -0.15) is 0 Å². The number of amides is 1. The molecule has 4 nitrogen and oxygen atoms in total. The lowest BCUT2D eigenvalue weighted by Crippen LogP contribution is -2.31. The van der Waals surface area contributed by atoms with Gasteiger partial charge in [-0.3, -0.25) is 9.59 Å². The van der Waals surface area contributed by atoms with Crippen molar-refractivity contribution in [3.8, 4) is 0 Å². The summed E-state index contributed by atoms with van der Waals surface area (Å²) in [6.45, 7) is 3.54. The molecule has 108 valence electrons. The molecule has 0 aliphatic carbocycles. The molecule has 1 aromatic rings. The Morgan fingerprint density at radius 2 is 2.25 bits per heavy atom. The minimum atomic E-state index is -1.06. The van der Waals surface area contributed by atoms with Crippen LogP contribution in [0.4, 0.5) is 4.39 Å². The van der Waals surface area contributed by atoms with E-state index in [1.807, 2.05) is 0 Å². The summed E-state index contributed by atoms with van der Waals surface area (Å²) in [6, 6.07) is 4.83. The smallest absolute Gasteiger partial charge is 0.305 e. The summed E-state index contributed by atoms with van der Waals surface area (Å²) in [5, 5.41) is 11.5. The number of hydrogen-bond donors (Lipinski definition) is 2. The number of aliphatic carboxylic acids is 1. The Morgan fingerprint density at radius 3 is 2.85 bits per heavy atom. The van der Waals surface area contributed by atoms with Crippen LogP contribution in [-0.4, -0.2) is 28.5 Å². The van der Waals surface area contributed by atoms with E-state index in [2.05, 4.69) is 11.9 Å². The summed E-state index contributed by atoms with van der Waals surface area (Å²) in [4.78, 5) is 22.6. The van der Waals surface area contributed by atoms with E-state index in [4.69, 9.17) is 5.11 Å². The SMILES string of the molecule is C=CCSCC(=O)NC(CC(=O)O)c1cccc(F)c1. The summed E-state index contributed by atoms with van der Waals surface area (Å²) < 4.78 is 13.2. The first-order chi connectivity index (χ1) is 9.52. The Bertz CT molecular complexity index is 493. The first-order valence-electron chi connectivity index (χ1n) is 5.98. The molecule has 0 aliphatic rings. The highest BCUT2D eigenvalue weighted by atomic mass is 32.2. The minimum absolute atomic E-state index is 0.206. The van der Waals surface area contributed by atoms with Crippen LogP contribution in [0.15, 0.2) is 36.9 Å². The third kappa shape index (κ3) is 5.88. The average molecular weight is 297 g/mol. The van der Waals surface area contributed by atoms with Crippen molar-refractivity contribution >= 4 is 23.6 Å². The number of benzene rings is 1. The van der Waals surface area contributed by atoms with E-state index in [-0.39, 0.29) is 18.1 Å². The molecule has 0 aromatic heterocycles. The number of thioether (sulfide) groups is 1. The van der Waals surface area contributed by atoms with Gasteiger partial charge in [0.15, 0.2) is 0 Å². The third-order valence-electron chi connectivity index (χ3n) is 2.43. The highest BCUT2D eigenvalue weighted by molar-refractivity contribution is 8.00. The molecule has 1 unspecified atom stereocenters. The van der Waals surface area contributed by atoms with Crippen LogP contribution in [0.3, 0.4) is 0 Å². The van der Waals surface area contributed by atoms with Gasteiger partial charge >= 0.3 is 5.97 Å². The van der Waals surface area contributed by atoms with Gasteiger partial charge in [0.2, 0.25) is 5.91 Å². The van der Waals surface area contributed by atoms with Gasteiger partial charge in [-0.05, 0) is 17.7 Å². The highest BCUT2D eigenvalue weighted by Gasteiger charge is 2.18. The van der Waals surface area contributed by atoms with Gasteiger partial charge in [0.25, 0.3) is 0 Å². The maximum absolute atomic E-state index is 13.2. The van der Waals surface area contributed by atoms with Crippen molar-refractivity contribution in [1.82, 2.24) is 5.32 Å². The van der Waals surface area contributed by atoms with Crippen LogP contribution in [0.2, 0.25) is 0 Å². The van der Waals surface area contributed by atoms with Gasteiger partial charge < -0.3 is 10.4 Å². The number of hydrogen-bond acceptors (Lipinski definition) is 3. The van der Waals surface area contributed by atoms with E-state index in [0.717, 1.165) is 0 Å². The van der Waals surface area contributed by atoms with Gasteiger partial charge in [-0.25, -0.2) is 4.39 Å². The van der Waals surface area contributed by atoms with Crippen LogP contribution in [0.25, 0.3) is 0 Å². The van der Waals surface area contributed by atoms with E-state index >= 15 is 0 Å². The molecule has 0 saturated carbocycles. The zero-order valence-corrected chi connectivity index (χ0v) is 11.7. The Kier molecular flexibility index (Phi) is 6.79. The maximum atomic E-state index is 13.2. The summed E-state index contributed by atoms with van der Waals surface area (Å²) in [6.07, 6.45) is 1.39. The molecule has 0 aliphatic heterocycles. The third-order valence-corrected chi connectivity index (χ3v) is 3.37. The fourth-order valence-corrected chi connectivity index (χ4v) is 2.17. The molecule has 1 amide bonds. The molecule has 0 saturated heterocycles. The summed E-state index contributed by atoms with van der Waals surface area (Å²) in [7, 11) is 0. The Labute approximate surface area is 121 Å². The van der Waals surface area contributed by atoms with Gasteiger partial charge in [0.05, 0.1) is 18.2 Å². The van der Waals surface area contributed by atoms with Crippen molar-refractivity contribution in [2.45, 2.75) is 12.5 Å². The second kappa shape index (κ2) is 8.37. The van der Waals surface area contributed by atoms with Crippen LogP contribution in [0.5, 0.6) is 0 Å². The molecular formula is C14H16FNO3S. The molecule has 1 aromatic carbocycles. The molecule has 6 heteroatoms. The largest absolute Gasteiger partial charge is 0.481 e. The zero-order chi connectivity index (χ0) is 15.0. The monoisotopic (exact) mass is 297 g/mol. The van der Waals surface area contributed by atoms with Crippen LogP contribution in [-0.2, 0) is 9.59 Å². The highest BCUT2D eigenvalue weighted by Crippen LogP contribution is 2.18. The van der Waals surface area contributed by atoms with Gasteiger partial charge in [0, 0.05) is 5.75 Å². The van der Waals surface area contributed by atoms with Gasteiger partial charge in [-0.15, -0.1) is 18.3 Å². The molecule has 0 bridgehead atoms. The number of carbonyl (C=O) groups is 2. The number of carboxylic acids is 1. The molecule has 1 atom stereocenters. The second-order valence-corrected chi connectivity index (χ2v) is 5.11. The predicted molar refractivity (Wildman–Crippen MR) is 77.1 cm³/mol. The van der Waals surface area contributed by atoms with Crippen molar-refractivity contribution < 1.29 is 19.1 Å². The maximum Gasteiger partial charge on any atom is 0.305 e. The fraction of sp³-hybridized carbons (Fsp3) is 0.286. The van der Waals surface area contributed by atoms with E-state index in [0.29, 0.717) is 11.3 Å². The number of carbonyl (C=O) groups excluding carboxylic acids is 1. The van der Waals surface area contributed by atoms with Crippen LogP contribution < -0.4 is 5.32 Å². The van der Waals surface area contributed by atoms with Crippen molar-refractivity contribution in [3.05, 3.63) is 48.3 Å². The quantitative estimate of drug-likeness (QED) is 0.571. The molecule has 0 spiro atoms. The minimum Gasteiger partial charge on any atom is -0.481 e. The standard InChI is InChI=1S/C14H16FNO3S/c1-2-6-20-9-13(17)16-12(8-14(18)19)10-4-3-5-11(15)7-10/h2-5,7,12H,1,6,8-9H2,(H,16,17)(H,18,19). The first-order valence-corrected chi connectivity index (χ1v) is 7.13. The molecule has 2 N–H and O–H groups in total. The average Bonchev–Trinajstić information content (AvgIpc) is 2.38. The Morgan fingerprint density at radius 1 is 1.50 bits per heavy atom. The number of carboxylic acid groups (broad SMARTS) is 1. The van der Waals surface area contributed by atoms with Gasteiger partial charge in [0.1, 0.15) is 5.82 Å². The van der Waals surface area contributed by atoms with E-state index < -0.39 is 17.8 Å². The van der Waals surface area contributed by atoms with Crippen LogP contribution >= 0.6 is 11.8 Å².